The van der Waals surface area contributed by atoms with Gasteiger partial charge >= 0.3 is 5.97 Å². The van der Waals surface area contributed by atoms with Gasteiger partial charge in [-0.05, 0) is 30.5 Å². The third kappa shape index (κ3) is 1.39. The minimum absolute atomic E-state index is 0.364. The molecule has 0 aliphatic carbocycles. The highest BCUT2D eigenvalue weighted by Gasteiger charge is 2.18. The van der Waals surface area contributed by atoms with E-state index < -0.39 is 0 Å². The third-order valence-corrected chi connectivity index (χ3v) is 3.05. The number of benzene rings is 1. The Hall–Kier alpha value is -2.36. The van der Waals surface area contributed by atoms with Crippen molar-refractivity contribution >= 4 is 22.5 Å². The lowest BCUT2D eigenvalue weighted by Crippen LogP contribution is -2.07. The summed E-state index contributed by atoms with van der Waals surface area (Å²) < 4.78 is 6.68. The van der Waals surface area contributed by atoms with Crippen molar-refractivity contribution in [3.63, 3.8) is 0 Å². The van der Waals surface area contributed by atoms with Crippen molar-refractivity contribution in [1.29, 1.82) is 0 Å². The summed E-state index contributed by atoms with van der Waals surface area (Å²) in [5.41, 5.74) is 2.88. The van der Waals surface area contributed by atoms with Gasteiger partial charge in [-0.2, -0.15) is 0 Å². The lowest BCUT2D eigenvalue weighted by Gasteiger charge is -2.05. The van der Waals surface area contributed by atoms with E-state index in [2.05, 4.69) is 4.98 Å². The first-order chi connectivity index (χ1) is 8.72. The number of aryl methyl sites for hydroxylation is 1. The molecule has 0 radical (unpaired) electrons. The lowest BCUT2D eigenvalue weighted by molar-refractivity contribution is 0.0592. The van der Waals surface area contributed by atoms with E-state index in [0.717, 1.165) is 16.6 Å². The van der Waals surface area contributed by atoms with Crippen LogP contribution in [0, 0.1) is 6.92 Å². The Balaban J connectivity index is 2.51. The molecule has 4 heteroatoms. The number of ether oxygens (including phenoxy) is 1. The number of carbonyl (C=O) groups is 1. The molecule has 0 atom stereocenters. The van der Waals surface area contributed by atoms with Crippen LogP contribution in [0.25, 0.3) is 16.6 Å². The van der Waals surface area contributed by atoms with Crippen LogP contribution < -0.4 is 0 Å². The molecule has 0 aliphatic heterocycles. The predicted molar refractivity (Wildman–Crippen MR) is 68.8 cm³/mol. The summed E-state index contributed by atoms with van der Waals surface area (Å²) in [5.74, 6) is -0.364. The molecule has 0 N–H and O–H groups in total. The number of hydrogen-bond donors (Lipinski definition) is 0. The van der Waals surface area contributed by atoms with E-state index in [9.17, 15) is 4.79 Å². The zero-order chi connectivity index (χ0) is 12.7. The normalized spacial score (nSPS) is 11.0. The number of carbonyl (C=O) groups excluding carboxylic acids is 1. The maximum atomic E-state index is 11.9. The number of methoxy groups -OCH3 is 1. The number of rotatable bonds is 1. The van der Waals surface area contributed by atoms with E-state index in [1.54, 1.807) is 0 Å². The van der Waals surface area contributed by atoms with E-state index in [1.165, 1.54) is 7.11 Å². The molecular formula is C14H12N2O2. The van der Waals surface area contributed by atoms with Gasteiger partial charge in [0.05, 0.1) is 18.3 Å². The van der Waals surface area contributed by atoms with Crippen molar-refractivity contribution in [3.8, 4) is 0 Å². The van der Waals surface area contributed by atoms with Crippen molar-refractivity contribution in [2.24, 2.45) is 0 Å². The summed E-state index contributed by atoms with van der Waals surface area (Å²) in [6.07, 6.45) is 0. The number of imidazole rings is 1. The Morgan fingerprint density at radius 3 is 2.78 bits per heavy atom. The second-order valence-corrected chi connectivity index (χ2v) is 4.12. The zero-order valence-corrected chi connectivity index (χ0v) is 10.2. The quantitative estimate of drug-likeness (QED) is 0.614. The van der Waals surface area contributed by atoms with Crippen LogP contribution in [0.15, 0.2) is 36.4 Å². The van der Waals surface area contributed by atoms with Crippen LogP contribution in [0.5, 0.6) is 0 Å². The Kier molecular flexibility index (Phi) is 2.30. The minimum Gasteiger partial charge on any atom is -0.464 e. The maximum Gasteiger partial charge on any atom is 0.357 e. The van der Waals surface area contributed by atoms with Crippen molar-refractivity contribution in [2.45, 2.75) is 6.92 Å². The molecule has 18 heavy (non-hydrogen) atoms. The van der Waals surface area contributed by atoms with Gasteiger partial charge < -0.3 is 4.74 Å². The second-order valence-electron chi connectivity index (χ2n) is 4.12. The van der Waals surface area contributed by atoms with Crippen molar-refractivity contribution in [2.75, 3.05) is 7.11 Å². The van der Waals surface area contributed by atoms with Gasteiger partial charge in [0.25, 0.3) is 0 Å². The van der Waals surface area contributed by atoms with Gasteiger partial charge in [-0.1, -0.05) is 18.2 Å². The predicted octanol–water partition coefficient (Wildman–Crippen LogP) is 2.58. The highest BCUT2D eigenvalue weighted by Crippen LogP contribution is 2.21. The molecule has 0 bridgehead atoms. The monoisotopic (exact) mass is 240 g/mol. The summed E-state index contributed by atoms with van der Waals surface area (Å²) >= 11 is 0. The Morgan fingerprint density at radius 1 is 1.22 bits per heavy atom. The van der Waals surface area contributed by atoms with Gasteiger partial charge in [-0.3, -0.25) is 4.40 Å². The van der Waals surface area contributed by atoms with Crippen LogP contribution in [-0.4, -0.2) is 22.5 Å². The number of aromatic nitrogens is 2. The highest BCUT2D eigenvalue weighted by molar-refractivity contribution is 5.93. The number of fused-ring (bicyclic) bond motifs is 3. The molecule has 2 heterocycles. The Bertz CT molecular complexity index is 759. The molecule has 3 aromatic rings. The summed E-state index contributed by atoms with van der Waals surface area (Å²) in [5, 5.41) is 1.06. The van der Waals surface area contributed by atoms with Gasteiger partial charge in [-0.25, -0.2) is 9.78 Å². The van der Waals surface area contributed by atoms with Crippen LogP contribution in [-0.2, 0) is 4.74 Å². The fourth-order valence-corrected chi connectivity index (χ4v) is 2.24. The van der Waals surface area contributed by atoms with Crippen LogP contribution in [0.2, 0.25) is 0 Å². The standard InChI is InChI=1S/C14H12N2O2/c1-9-13(14(17)18-2)16-11-6-4-3-5-10(11)7-8-12(16)15-9/h3-8H,1-2H3. The van der Waals surface area contributed by atoms with Crippen LogP contribution in [0.3, 0.4) is 0 Å². The number of pyridine rings is 1. The topological polar surface area (TPSA) is 43.6 Å². The van der Waals surface area contributed by atoms with Gasteiger partial charge in [0.1, 0.15) is 5.65 Å². The van der Waals surface area contributed by atoms with Crippen molar-refractivity contribution in [3.05, 3.63) is 47.8 Å². The van der Waals surface area contributed by atoms with E-state index in [4.69, 9.17) is 4.74 Å². The minimum atomic E-state index is -0.364. The van der Waals surface area contributed by atoms with Crippen LogP contribution in [0.4, 0.5) is 0 Å². The molecule has 0 unspecified atom stereocenters. The van der Waals surface area contributed by atoms with E-state index in [-0.39, 0.29) is 5.97 Å². The first-order valence-electron chi connectivity index (χ1n) is 5.67. The third-order valence-electron chi connectivity index (χ3n) is 3.05. The van der Waals surface area contributed by atoms with Gasteiger partial charge in [-0.15, -0.1) is 0 Å². The van der Waals surface area contributed by atoms with Gasteiger partial charge in [0, 0.05) is 0 Å². The molecule has 4 nitrogen and oxygen atoms in total. The van der Waals surface area contributed by atoms with E-state index in [1.807, 2.05) is 47.7 Å². The van der Waals surface area contributed by atoms with Crippen molar-refractivity contribution in [1.82, 2.24) is 9.38 Å². The zero-order valence-electron chi connectivity index (χ0n) is 10.2. The number of nitrogens with zero attached hydrogens (tertiary/aromatic N) is 2. The fourth-order valence-electron chi connectivity index (χ4n) is 2.24. The fraction of sp³-hybridized carbons (Fsp3) is 0.143. The Labute approximate surface area is 104 Å². The maximum absolute atomic E-state index is 11.9. The molecule has 0 spiro atoms. The summed E-state index contributed by atoms with van der Waals surface area (Å²) in [4.78, 5) is 16.3. The van der Waals surface area contributed by atoms with Crippen molar-refractivity contribution < 1.29 is 9.53 Å². The molecule has 0 saturated carbocycles. The molecule has 0 saturated heterocycles. The SMILES string of the molecule is COC(=O)c1c(C)nc2ccc3ccccc3n12. The highest BCUT2D eigenvalue weighted by atomic mass is 16.5. The van der Waals surface area contributed by atoms with E-state index >= 15 is 0 Å². The number of para-hydroxylation sites is 1. The summed E-state index contributed by atoms with van der Waals surface area (Å²) in [6.45, 7) is 1.81. The molecule has 0 amide bonds. The number of esters is 1. The molecule has 90 valence electrons. The molecule has 0 fully saturated rings. The van der Waals surface area contributed by atoms with E-state index in [0.29, 0.717) is 11.4 Å². The summed E-state index contributed by atoms with van der Waals surface area (Å²) in [6, 6.07) is 11.8. The van der Waals surface area contributed by atoms with Crippen LogP contribution >= 0.6 is 0 Å². The average molecular weight is 240 g/mol. The molecule has 0 aliphatic rings. The second kappa shape index (κ2) is 3.84. The lowest BCUT2D eigenvalue weighted by atomic mass is 10.2. The first kappa shape index (κ1) is 10.8. The molecule has 1 aromatic carbocycles. The Morgan fingerprint density at radius 2 is 2.00 bits per heavy atom. The average Bonchev–Trinajstić information content (AvgIpc) is 2.74. The summed E-state index contributed by atoms with van der Waals surface area (Å²) in [7, 11) is 1.38. The number of hydrogen-bond acceptors (Lipinski definition) is 3. The van der Waals surface area contributed by atoms with Gasteiger partial charge in [0.2, 0.25) is 0 Å². The first-order valence-corrected chi connectivity index (χ1v) is 5.67. The smallest absolute Gasteiger partial charge is 0.357 e. The van der Waals surface area contributed by atoms with Gasteiger partial charge in [0.15, 0.2) is 5.69 Å². The molecule has 3 rings (SSSR count). The molecule has 2 aromatic heterocycles. The molecular weight excluding hydrogens is 228 g/mol. The van der Waals surface area contributed by atoms with Crippen LogP contribution in [0.1, 0.15) is 16.2 Å². The largest absolute Gasteiger partial charge is 0.464 e.